The molecule has 3 amide bonds. The fourth-order valence-electron chi connectivity index (χ4n) is 3.08. The van der Waals surface area contributed by atoms with Gasteiger partial charge in [0.15, 0.2) is 0 Å². The van der Waals surface area contributed by atoms with Crippen LogP contribution in [0.2, 0.25) is 0 Å². The molecule has 26 heavy (non-hydrogen) atoms. The molecule has 0 saturated carbocycles. The van der Waals surface area contributed by atoms with Gasteiger partial charge in [-0.1, -0.05) is 13.8 Å². The van der Waals surface area contributed by atoms with Gasteiger partial charge in [0.2, 0.25) is 0 Å². The van der Waals surface area contributed by atoms with Crippen LogP contribution in [0.1, 0.15) is 65.2 Å². The zero-order valence-electron chi connectivity index (χ0n) is 16.2. The molecule has 0 unspecified atom stereocenters. The number of rotatable bonds is 8. The van der Waals surface area contributed by atoms with Crippen LogP contribution in [0.25, 0.3) is 0 Å². The van der Waals surface area contributed by atoms with Gasteiger partial charge in [-0.05, 0) is 44.4 Å². The third kappa shape index (κ3) is 4.12. The lowest BCUT2D eigenvalue weighted by atomic mass is 10.0. The Bertz CT molecular complexity index is 697. The van der Waals surface area contributed by atoms with E-state index in [0.717, 1.165) is 0 Å². The van der Waals surface area contributed by atoms with Crippen molar-refractivity contribution >= 4 is 17.7 Å². The van der Waals surface area contributed by atoms with E-state index in [1.165, 1.54) is 4.90 Å². The maximum atomic E-state index is 12.9. The standard InChI is InChI=1S/C20H28N2O4/c1-13(2)12-22(14(3)4)18(23)15-7-8-16-17(11-15)20(25)21(19(16)24)9-6-10-26-5/h7-8,11,13-14H,6,9-10,12H2,1-5H3. The summed E-state index contributed by atoms with van der Waals surface area (Å²) in [7, 11) is 1.58. The number of ether oxygens (including phenoxy) is 1. The second-order valence-electron chi connectivity index (χ2n) is 7.31. The number of methoxy groups -OCH3 is 1. The van der Waals surface area contributed by atoms with Crippen molar-refractivity contribution in [1.82, 2.24) is 9.80 Å². The lowest BCUT2D eigenvalue weighted by Gasteiger charge is -2.28. The van der Waals surface area contributed by atoms with E-state index in [1.54, 1.807) is 30.2 Å². The predicted octanol–water partition coefficient (Wildman–Crippen LogP) is 2.83. The predicted molar refractivity (Wildman–Crippen MR) is 99.3 cm³/mol. The quantitative estimate of drug-likeness (QED) is 0.528. The minimum atomic E-state index is -0.337. The SMILES string of the molecule is COCCCN1C(=O)c2ccc(C(=O)N(CC(C)C)C(C)C)cc2C1=O. The first-order chi connectivity index (χ1) is 12.3. The molecule has 0 atom stereocenters. The summed E-state index contributed by atoms with van der Waals surface area (Å²) in [6, 6.07) is 4.85. The van der Waals surface area contributed by atoms with Crippen LogP contribution in [0.5, 0.6) is 0 Å². The first-order valence-electron chi connectivity index (χ1n) is 9.08. The number of hydrogen-bond acceptors (Lipinski definition) is 4. The molecule has 2 rings (SSSR count). The van der Waals surface area contributed by atoms with Gasteiger partial charge in [0.1, 0.15) is 0 Å². The summed E-state index contributed by atoms with van der Waals surface area (Å²) >= 11 is 0. The van der Waals surface area contributed by atoms with Gasteiger partial charge in [0, 0.05) is 38.4 Å². The molecule has 6 heteroatoms. The average Bonchev–Trinajstić information content (AvgIpc) is 2.83. The molecule has 1 aliphatic heterocycles. The highest BCUT2D eigenvalue weighted by Gasteiger charge is 2.36. The van der Waals surface area contributed by atoms with Gasteiger partial charge in [0.25, 0.3) is 17.7 Å². The number of carbonyl (C=O) groups excluding carboxylic acids is 3. The molecular weight excluding hydrogens is 332 g/mol. The number of nitrogens with zero attached hydrogens (tertiary/aromatic N) is 2. The fraction of sp³-hybridized carbons (Fsp3) is 0.550. The molecule has 0 aliphatic carbocycles. The Hall–Kier alpha value is -2.21. The third-order valence-corrected chi connectivity index (χ3v) is 4.39. The summed E-state index contributed by atoms with van der Waals surface area (Å²) < 4.78 is 4.98. The summed E-state index contributed by atoms with van der Waals surface area (Å²) in [4.78, 5) is 41.0. The average molecular weight is 360 g/mol. The number of amides is 3. The van der Waals surface area contributed by atoms with Gasteiger partial charge < -0.3 is 9.64 Å². The van der Waals surface area contributed by atoms with Crippen molar-refractivity contribution in [2.45, 2.75) is 40.2 Å². The normalized spacial score (nSPS) is 13.7. The highest BCUT2D eigenvalue weighted by Crippen LogP contribution is 2.25. The molecule has 0 radical (unpaired) electrons. The maximum absolute atomic E-state index is 12.9. The minimum absolute atomic E-state index is 0.0565. The minimum Gasteiger partial charge on any atom is -0.385 e. The van der Waals surface area contributed by atoms with Gasteiger partial charge in [0.05, 0.1) is 11.1 Å². The molecule has 0 spiro atoms. The van der Waals surface area contributed by atoms with Crippen molar-refractivity contribution in [2.24, 2.45) is 5.92 Å². The monoisotopic (exact) mass is 360 g/mol. The first kappa shape index (κ1) is 20.1. The Morgan fingerprint density at radius 2 is 1.77 bits per heavy atom. The van der Waals surface area contributed by atoms with E-state index in [2.05, 4.69) is 13.8 Å². The van der Waals surface area contributed by atoms with Gasteiger partial charge in [-0.25, -0.2) is 0 Å². The van der Waals surface area contributed by atoms with E-state index < -0.39 is 0 Å². The summed E-state index contributed by atoms with van der Waals surface area (Å²) in [6.07, 6.45) is 0.587. The topological polar surface area (TPSA) is 66.9 Å². The second kappa shape index (κ2) is 8.45. The van der Waals surface area contributed by atoms with Crippen LogP contribution >= 0.6 is 0 Å². The van der Waals surface area contributed by atoms with Crippen LogP contribution in [0.3, 0.4) is 0 Å². The maximum Gasteiger partial charge on any atom is 0.261 e. The fourth-order valence-corrected chi connectivity index (χ4v) is 3.08. The molecule has 0 fully saturated rings. The highest BCUT2D eigenvalue weighted by atomic mass is 16.5. The van der Waals surface area contributed by atoms with E-state index in [4.69, 9.17) is 4.74 Å². The molecule has 0 N–H and O–H groups in total. The van der Waals surface area contributed by atoms with Crippen LogP contribution in [-0.2, 0) is 4.74 Å². The molecule has 1 aromatic rings. The second-order valence-corrected chi connectivity index (χ2v) is 7.31. The lowest BCUT2D eigenvalue weighted by Crippen LogP contribution is -2.39. The number of benzene rings is 1. The highest BCUT2D eigenvalue weighted by molar-refractivity contribution is 6.22. The van der Waals surface area contributed by atoms with Crippen LogP contribution in [0.4, 0.5) is 0 Å². The van der Waals surface area contributed by atoms with Crippen LogP contribution in [0.15, 0.2) is 18.2 Å². The zero-order valence-corrected chi connectivity index (χ0v) is 16.2. The van der Waals surface area contributed by atoms with Crippen molar-refractivity contribution in [3.63, 3.8) is 0 Å². The molecule has 1 aliphatic rings. The van der Waals surface area contributed by atoms with E-state index in [9.17, 15) is 14.4 Å². The van der Waals surface area contributed by atoms with Crippen molar-refractivity contribution in [3.05, 3.63) is 34.9 Å². The molecule has 1 heterocycles. The van der Waals surface area contributed by atoms with E-state index >= 15 is 0 Å². The molecule has 6 nitrogen and oxygen atoms in total. The van der Waals surface area contributed by atoms with E-state index in [1.807, 2.05) is 13.8 Å². The Morgan fingerprint density at radius 3 is 2.35 bits per heavy atom. The number of fused-ring (bicyclic) bond motifs is 1. The Kier molecular flexibility index (Phi) is 6.53. The van der Waals surface area contributed by atoms with Crippen molar-refractivity contribution < 1.29 is 19.1 Å². The van der Waals surface area contributed by atoms with Gasteiger partial charge in [-0.2, -0.15) is 0 Å². The molecule has 142 valence electrons. The summed E-state index contributed by atoms with van der Waals surface area (Å²) in [5.74, 6) is -0.413. The van der Waals surface area contributed by atoms with Gasteiger partial charge >= 0.3 is 0 Å². The smallest absolute Gasteiger partial charge is 0.261 e. The molecule has 0 aromatic heterocycles. The van der Waals surface area contributed by atoms with Crippen molar-refractivity contribution in [3.8, 4) is 0 Å². The van der Waals surface area contributed by atoms with Gasteiger partial charge in [-0.15, -0.1) is 0 Å². The molecule has 0 bridgehead atoms. The van der Waals surface area contributed by atoms with Crippen molar-refractivity contribution in [1.29, 1.82) is 0 Å². The zero-order chi connectivity index (χ0) is 19.4. The van der Waals surface area contributed by atoms with Crippen LogP contribution in [0, 0.1) is 5.92 Å². The van der Waals surface area contributed by atoms with Crippen LogP contribution in [-0.4, -0.2) is 60.4 Å². The summed E-state index contributed by atoms with van der Waals surface area (Å²) in [5, 5.41) is 0. The molecular formula is C20H28N2O4. The molecule has 0 saturated heterocycles. The van der Waals surface area contributed by atoms with E-state index in [0.29, 0.717) is 48.7 Å². The van der Waals surface area contributed by atoms with Gasteiger partial charge in [-0.3, -0.25) is 19.3 Å². The third-order valence-electron chi connectivity index (χ3n) is 4.39. The van der Waals surface area contributed by atoms with E-state index in [-0.39, 0.29) is 23.8 Å². The van der Waals surface area contributed by atoms with Crippen molar-refractivity contribution in [2.75, 3.05) is 26.8 Å². The number of hydrogen-bond donors (Lipinski definition) is 0. The Morgan fingerprint density at radius 1 is 1.12 bits per heavy atom. The van der Waals surface area contributed by atoms with Crippen LogP contribution < -0.4 is 0 Å². The Labute approximate surface area is 155 Å². The first-order valence-corrected chi connectivity index (χ1v) is 9.08. The summed E-state index contributed by atoms with van der Waals surface area (Å²) in [5.41, 5.74) is 1.12. The Balaban J connectivity index is 2.25. The lowest BCUT2D eigenvalue weighted by molar-refractivity contribution is 0.0637. The number of carbonyl (C=O) groups is 3. The number of imide groups is 1. The largest absolute Gasteiger partial charge is 0.385 e. The molecule has 1 aromatic carbocycles. The summed E-state index contributed by atoms with van der Waals surface area (Å²) in [6.45, 7) is 9.50.